The Hall–Kier alpha value is -9.50. The number of para-hydroxylation sites is 3. The van der Waals surface area contributed by atoms with E-state index in [2.05, 4.69) is 289 Å². The Bertz CT molecular complexity index is 4400. The fraction of sp³-hybridized carbons (Fsp3) is 0.0278. The molecular formula is C72H46N2. The number of benzene rings is 12. The number of aromatic nitrogens is 1. The fourth-order valence-corrected chi connectivity index (χ4v) is 14.0. The molecule has 1 atom stereocenters. The molecule has 3 aliphatic rings. The van der Waals surface area contributed by atoms with Crippen molar-refractivity contribution in [3.05, 3.63) is 324 Å². The molecule has 0 N–H and O–H groups in total. The maximum Gasteiger partial charge on any atom is 0.0754 e. The minimum Gasteiger partial charge on any atom is -0.310 e. The summed E-state index contributed by atoms with van der Waals surface area (Å²) in [6, 6.07) is 105. The highest BCUT2D eigenvalue weighted by Gasteiger charge is 2.51. The minimum atomic E-state index is -0.541. The van der Waals surface area contributed by atoms with Crippen LogP contribution in [-0.4, -0.2) is 4.57 Å². The van der Waals surface area contributed by atoms with E-state index in [4.69, 9.17) is 0 Å². The number of rotatable bonds is 6. The van der Waals surface area contributed by atoms with Crippen molar-refractivity contribution in [2.75, 3.05) is 4.90 Å². The smallest absolute Gasteiger partial charge is 0.0754 e. The largest absolute Gasteiger partial charge is 0.310 e. The molecule has 2 heteroatoms. The van der Waals surface area contributed by atoms with Gasteiger partial charge in [-0.1, -0.05) is 231 Å². The second kappa shape index (κ2) is 15.5. The number of fused-ring (bicyclic) bond motifs is 16. The first-order valence-electron chi connectivity index (χ1n) is 25.8. The molecule has 1 spiro atoms. The lowest BCUT2D eigenvalue weighted by Crippen LogP contribution is -2.33. The van der Waals surface area contributed by atoms with E-state index < -0.39 is 10.8 Å². The molecule has 16 rings (SSSR count). The van der Waals surface area contributed by atoms with Gasteiger partial charge in [0.25, 0.3) is 0 Å². The number of hydrogen-bond donors (Lipinski definition) is 0. The van der Waals surface area contributed by atoms with E-state index in [-0.39, 0.29) is 0 Å². The van der Waals surface area contributed by atoms with Gasteiger partial charge in [-0.2, -0.15) is 0 Å². The Morgan fingerprint density at radius 2 is 0.824 bits per heavy atom. The molecule has 2 nitrogen and oxygen atoms in total. The van der Waals surface area contributed by atoms with Gasteiger partial charge in [0.05, 0.1) is 33.2 Å². The molecule has 0 radical (unpaired) electrons. The van der Waals surface area contributed by atoms with Gasteiger partial charge in [0, 0.05) is 27.5 Å². The lowest BCUT2D eigenvalue weighted by atomic mass is 9.65. The molecule has 2 heterocycles. The molecule has 0 saturated carbocycles. The highest BCUT2D eigenvalue weighted by atomic mass is 15.1. The van der Waals surface area contributed by atoms with Crippen molar-refractivity contribution in [2.45, 2.75) is 10.8 Å². The first-order chi connectivity index (χ1) is 36.7. The van der Waals surface area contributed by atoms with Crippen molar-refractivity contribution in [1.29, 1.82) is 0 Å². The Morgan fingerprint density at radius 3 is 1.61 bits per heavy atom. The molecule has 0 amide bonds. The normalized spacial score (nSPS) is 15.2. The molecule has 1 unspecified atom stereocenters. The van der Waals surface area contributed by atoms with Crippen LogP contribution in [0.4, 0.5) is 17.1 Å². The highest BCUT2D eigenvalue weighted by molar-refractivity contribution is 6.13. The van der Waals surface area contributed by atoms with Crippen molar-refractivity contribution < 1.29 is 0 Å². The van der Waals surface area contributed by atoms with E-state index in [1.807, 2.05) is 0 Å². The summed E-state index contributed by atoms with van der Waals surface area (Å²) in [5, 5.41) is 4.97. The van der Waals surface area contributed by atoms with Crippen LogP contribution < -0.4 is 4.90 Å². The average Bonchev–Trinajstić information content (AvgIpc) is 4.22. The monoisotopic (exact) mass is 938 g/mol. The van der Waals surface area contributed by atoms with Gasteiger partial charge < -0.3 is 9.47 Å². The summed E-state index contributed by atoms with van der Waals surface area (Å²) in [7, 11) is 0. The number of anilines is 3. The highest BCUT2D eigenvalue weighted by Crippen LogP contribution is 2.62. The van der Waals surface area contributed by atoms with Crippen LogP contribution in [0, 0.1) is 0 Å². The summed E-state index contributed by atoms with van der Waals surface area (Å²) in [5.74, 6) is 0. The maximum absolute atomic E-state index is 2.53. The molecule has 13 aromatic rings. The van der Waals surface area contributed by atoms with Gasteiger partial charge in [-0.05, 0) is 132 Å². The summed E-state index contributed by atoms with van der Waals surface area (Å²) in [4.78, 5) is 2.50. The van der Waals surface area contributed by atoms with Gasteiger partial charge in [0.1, 0.15) is 0 Å². The third-order valence-corrected chi connectivity index (χ3v) is 16.8. The third kappa shape index (κ3) is 5.39. The van der Waals surface area contributed by atoms with E-state index in [1.165, 1.54) is 111 Å². The molecule has 344 valence electrons. The number of nitrogens with zero attached hydrogens (tertiary/aromatic N) is 2. The van der Waals surface area contributed by atoms with Crippen molar-refractivity contribution in [2.24, 2.45) is 0 Å². The first-order valence-corrected chi connectivity index (χ1v) is 25.8. The Morgan fingerprint density at radius 1 is 0.297 bits per heavy atom. The molecule has 12 aromatic carbocycles. The maximum atomic E-state index is 2.53. The zero-order chi connectivity index (χ0) is 48.5. The van der Waals surface area contributed by atoms with Crippen LogP contribution in [0.25, 0.3) is 71.6 Å². The summed E-state index contributed by atoms with van der Waals surface area (Å²) in [6.07, 6.45) is 0. The predicted octanol–water partition coefficient (Wildman–Crippen LogP) is 18.1. The second-order valence-electron chi connectivity index (χ2n) is 20.3. The van der Waals surface area contributed by atoms with Gasteiger partial charge in [-0.15, -0.1) is 0 Å². The Balaban J connectivity index is 0.925. The third-order valence-electron chi connectivity index (χ3n) is 16.8. The lowest BCUT2D eigenvalue weighted by molar-refractivity contribution is 0.749. The van der Waals surface area contributed by atoms with E-state index in [9.17, 15) is 0 Å². The van der Waals surface area contributed by atoms with Gasteiger partial charge in [0.15, 0.2) is 0 Å². The number of hydrogen-bond acceptors (Lipinski definition) is 1. The van der Waals surface area contributed by atoms with E-state index >= 15 is 0 Å². The van der Waals surface area contributed by atoms with Crippen LogP contribution in [-0.2, 0) is 10.8 Å². The van der Waals surface area contributed by atoms with Crippen LogP contribution >= 0.6 is 0 Å². The molecule has 0 fully saturated rings. The van der Waals surface area contributed by atoms with Crippen LogP contribution in [0.1, 0.15) is 44.5 Å². The fourth-order valence-electron chi connectivity index (χ4n) is 14.0. The molecule has 1 aliphatic heterocycles. The van der Waals surface area contributed by atoms with Crippen molar-refractivity contribution >= 4 is 49.6 Å². The van der Waals surface area contributed by atoms with Crippen molar-refractivity contribution in [1.82, 2.24) is 4.57 Å². The van der Waals surface area contributed by atoms with E-state index in [1.54, 1.807) is 0 Å². The topological polar surface area (TPSA) is 8.17 Å². The summed E-state index contributed by atoms with van der Waals surface area (Å²) < 4.78 is 2.53. The summed E-state index contributed by atoms with van der Waals surface area (Å²) in [6.45, 7) is 0. The molecule has 2 aliphatic carbocycles. The second-order valence-corrected chi connectivity index (χ2v) is 20.3. The molecule has 1 aromatic heterocycles. The SMILES string of the molecule is c1ccc(C2(c3ccccc3)c3ccccc3-c3ccc(N(c4cccc(-c5ccc6c(c5)C5(c7ccccc7-6)c6ccccc6-n6c7ccccc7c7cccc5c76)c4)c4cccc5ccccc45)cc32)cc1. The summed E-state index contributed by atoms with van der Waals surface area (Å²) in [5.41, 5.74) is 23.8. The van der Waals surface area contributed by atoms with Gasteiger partial charge >= 0.3 is 0 Å². The standard InChI is InChI=1S/C72H46N2/c1-3-23-50(24-4-1)71(51-25-5-2-6-26-51)61-33-12-9-29-55(61)58-43-41-53(46-66(58)71)73(67-39-18-21-47-20-7-8-28-54(47)67)52-27-17-22-48(44-52)49-40-42-57-56-30-10-13-34-62(56)72(65(57)45-49)63-35-14-16-38-69(63)74-68-37-15-11-31-59(68)60-32-19-36-64(72)70(60)74/h1-46H. The molecule has 0 saturated heterocycles. The minimum absolute atomic E-state index is 0.537. The zero-order valence-electron chi connectivity index (χ0n) is 40.5. The summed E-state index contributed by atoms with van der Waals surface area (Å²) >= 11 is 0. The molecule has 0 bridgehead atoms. The molecular weight excluding hydrogens is 893 g/mol. The van der Waals surface area contributed by atoms with E-state index in [0.717, 1.165) is 22.6 Å². The van der Waals surface area contributed by atoms with Gasteiger partial charge in [-0.25, -0.2) is 0 Å². The predicted molar refractivity (Wildman–Crippen MR) is 307 cm³/mol. The van der Waals surface area contributed by atoms with Crippen LogP contribution in [0.5, 0.6) is 0 Å². The zero-order valence-corrected chi connectivity index (χ0v) is 40.5. The van der Waals surface area contributed by atoms with Crippen LogP contribution in [0.2, 0.25) is 0 Å². The van der Waals surface area contributed by atoms with Gasteiger partial charge in [-0.3, -0.25) is 0 Å². The average molecular weight is 939 g/mol. The van der Waals surface area contributed by atoms with Crippen LogP contribution in [0.3, 0.4) is 0 Å². The first kappa shape index (κ1) is 41.2. The van der Waals surface area contributed by atoms with Crippen LogP contribution in [0.15, 0.2) is 279 Å². The Kier molecular flexibility index (Phi) is 8.62. The quantitative estimate of drug-likeness (QED) is 0.161. The van der Waals surface area contributed by atoms with Gasteiger partial charge in [0.2, 0.25) is 0 Å². The molecule has 74 heavy (non-hydrogen) atoms. The van der Waals surface area contributed by atoms with E-state index in [0.29, 0.717) is 0 Å². The Labute approximate surface area is 430 Å². The van der Waals surface area contributed by atoms with Crippen molar-refractivity contribution in [3.63, 3.8) is 0 Å². The lowest BCUT2D eigenvalue weighted by Gasteiger charge is -2.39. The van der Waals surface area contributed by atoms with Crippen molar-refractivity contribution in [3.8, 4) is 39.1 Å².